The largest absolute Gasteiger partial charge is 0.368 e. The van der Waals surface area contributed by atoms with Gasteiger partial charge in [-0.25, -0.2) is 0 Å². The lowest BCUT2D eigenvalue weighted by molar-refractivity contribution is -0.132. The van der Waals surface area contributed by atoms with Crippen LogP contribution in [-0.2, 0) is 4.79 Å². The van der Waals surface area contributed by atoms with Crippen LogP contribution < -0.4 is 10.6 Å². The van der Waals surface area contributed by atoms with E-state index in [9.17, 15) is 4.79 Å². The average Bonchev–Trinajstić information content (AvgIpc) is 2.64. The molecule has 1 saturated heterocycles. The van der Waals surface area contributed by atoms with Gasteiger partial charge < -0.3 is 15.5 Å². The maximum atomic E-state index is 12.8. The van der Waals surface area contributed by atoms with Crippen molar-refractivity contribution < 1.29 is 4.79 Å². The fraction of sp³-hybridized carbons (Fsp3) is 0.316. The molecule has 1 fully saturated rings. The van der Waals surface area contributed by atoms with Gasteiger partial charge in [-0.3, -0.25) is 4.79 Å². The SMILES string of the molecule is NCC(C(=O)N1CCN(c2ccc(Cl)cc2)CC1)c1ccccc1. The summed E-state index contributed by atoms with van der Waals surface area (Å²) in [6.45, 7) is 3.40. The first kappa shape index (κ1) is 16.8. The van der Waals surface area contributed by atoms with Crippen LogP contribution in [0.5, 0.6) is 0 Å². The number of nitrogens with zero attached hydrogens (tertiary/aromatic N) is 2. The predicted molar refractivity (Wildman–Crippen MR) is 98.5 cm³/mol. The number of nitrogens with two attached hydrogens (primary N) is 1. The molecule has 2 N–H and O–H groups in total. The fourth-order valence-corrected chi connectivity index (χ4v) is 3.25. The van der Waals surface area contributed by atoms with Gasteiger partial charge in [0.1, 0.15) is 0 Å². The molecule has 1 atom stereocenters. The highest BCUT2D eigenvalue weighted by atomic mass is 35.5. The van der Waals surface area contributed by atoms with Crippen LogP contribution in [0.15, 0.2) is 54.6 Å². The third-order valence-electron chi connectivity index (χ3n) is 4.52. The Kier molecular flexibility index (Phi) is 5.38. The van der Waals surface area contributed by atoms with E-state index in [1.165, 1.54) is 0 Å². The molecule has 4 nitrogen and oxygen atoms in total. The Morgan fingerprint density at radius 3 is 2.21 bits per heavy atom. The number of hydrogen-bond donors (Lipinski definition) is 1. The van der Waals surface area contributed by atoms with Gasteiger partial charge in [-0.2, -0.15) is 0 Å². The van der Waals surface area contributed by atoms with Gasteiger partial charge in [-0.15, -0.1) is 0 Å². The van der Waals surface area contributed by atoms with Gasteiger partial charge in [-0.1, -0.05) is 41.9 Å². The molecule has 1 heterocycles. The van der Waals surface area contributed by atoms with Crippen LogP contribution in [0, 0.1) is 0 Å². The molecule has 1 aliphatic heterocycles. The van der Waals surface area contributed by atoms with Crippen LogP contribution in [0.25, 0.3) is 0 Å². The number of anilines is 1. The number of piperazine rings is 1. The van der Waals surface area contributed by atoms with Gasteiger partial charge in [0.15, 0.2) is 0 Å². The van der Waals surface area contributed by atoms with Gasteiger partial charge in [0.25, 0.3) is 0 Å². The van der Waals surface area contributed by atoms with E-state index in [0.717, 1.165) is 29.4 Å². The number of rotatable bonds is 4. The summed E-state index contributed by atoms with van der Waals surface area (Å²) in [5.41, 5.74) is 8.01. The molecule has 2 aromatic carbocycles. The van der Waals surface area contributed by atoms with Crippen LogP contribution in [0.3, 0.4) is 0 Å². The zero-order valence-corrected chi connectivity index (χ0v) is 14.3. The molecule has 0 radical (unpaired) electrons. The van der Waals surface area contributed by atoms with Crippen molar-refractivity contribution in [2.75, 3.05) is 37.6 Å². The Balaban J connectivity index is 1.63. The van der Waals surface area contributed by atoms with Crippen LogP contribution in [0.2, 0.25) is 5.02 Å². The van der Waals surface area contributed by atoms with E-state index in [4.69, 9.17) is 17.3 Å². The number of carbonyl (C=O) groups is 1. The molecule has 0 spiro atoms. The van der Waals surface area contributed by atoms with Gasteiger partial charge in [-0.05, 0) is 29.8 Å². The zero-order valence-electron chi connectivity index (χ0n) is 13.6. The third-order valence-corrected chi connectivity index (χ3v) is 4.77. The lowest BCUT2D eigenvalue weighted by Crippen LogP contribution is -2.50. The molecule has 1 amide bonds. The molecular formula is C19H22ClN3O. The normalized spacial score (nSPS) is 16.1. The Morgan fingerprint density at radius 2 is 1.62 bits per heavy atom. The average molecular weight is 344 g/mol. The minimum absolute atomic E-state index is 0.124. The zero-order chi connectivity index (χ0) is 16.9. The summed E-state index contributed by atoms with van der Waals surface area (Å²) in [5.74, 6) is -0.132. The van der Waals surface area contributed by atoms with E-state index in [2.05, 4.69) is 4.90 Å². The van der Waals surface area contributed by atoms with Crippen molar-refractivity contribution in [1.82, 2.24) is 4.90 Å². The Hall–Kier alpha value is -2.04. The summed E-state index contributed by atoms with van der Waals surface area (Å²) in [5, 5.41) is 0.737. The highest BCUT2D eigenvalue weighted by Gasteiger charge is 2.27. The van der Waals surface area contributed by atoms with Crippen molar-refractivity contribution in [3.63, 3.8) is 0 Å². The van der Waals surface area contributed by atoms with Gasteiger partial charge in [0.05, 0.1) is 5.92 Å². The van der Waals surface area contributed by atoms with Crippen molar-refractivity contribution >= 4 is 23.2 Å². The van der Waals surface area contributed by atoms with Crippen molar-refractivity contribution in [1.29, 1.82) is 0 Å². The molecule has 1 unspecified atom stereocenters. The maximum absolute atomic E-state index is 12.8. The van der Waals surface area contributed by atoms with Crippen molar-refractivity contribution in [3.05, 3.63) is 65.2 Å². The summed E-state index contributed by atoms with van der Waals surface area (Å²) in [6, 6.07) is 17.6. The number of carbonyl (C=O) groups excluding carboxylic acids is 1. The highest BCUT2D eigenvalue weighted by molar-refractivity contribution is 6.30. The molecule has 0 bridgehead atoms. The molecule has 3 rings (SSSR count). The molecule has 5 heteroatoms. The number of amides is 1. The van der Waals surface area contributed by atoms with Gasteiger partial charge in [0.2, 0.25) is 5.91 Å². The van der Waals surface area contributed by atoms with Crippen LogP contribution in [0.4, 0.5) is 5.69 Å². The Morgan fingerprint density at radius 1 is 1.00 bits per heavy atom. The number of benzene rings is 2. The first-order valence-electron chi connectivity index (χ1n) is 8.23. The summed E-state index contributed by atoms with van der Waals surface area (Å²) in [7, 11) is 0. The monoisotopic (exact) mass is 343 g/mol. The molecule has 1 aliphatic rings. The van der Waals surface area contributed by atoms with Crippen LogP contribution >= 0.6 is 11.6 Å². The van der Waals surface area contributed by atoms with E-state index in [0.29, 0.717) is 19.6 Å². The summed E-state index contributed by atoms with van der Waals surface area (Å²) < 4.78 is 0. The van der Waals surface area contributed by atoms with Crippen LogP contribution in [0.1, 0.15) is 11.5 Å². The first-order chi connectivity index (χ1) is 11.7. The quantitative estimate of drug-likeness (QED) is 0.928. The lowest BCUT2D eigenvalue weighted by atomic mass is 9.97. The lowest BCUT2D eigenvalue weighted by Gasteiger charge is -2.37. The predicted octanol–water partition coefficient (Wildman–Crippen LogP) is 2.73. The summed E-state index contributed by atoms with van der Waals surface area (Å²) >= 11 is 5.94. The second-order valence-electron chi connectivity index (χ2n) is 5.99. The van der Waals surface area contributed by atoms with Gasteiger partial charge in [0, 0.05) is 43.4 Å². The molecule has 126 valence electrons. The van der Waals surface area contributed by atoms with E-state index < -0.39 is 0 Å². The second kappa shape index (κ2) is 7.69. The Bertz CT molecular complexity index is 667. The van der Waals surface area contributed by atoms with Gasteiger partial charge >= 0.3 is 0 Å². The highest BCUT2D eigenvalue weighted by Crippen LogP contribution is 2.22. The van der Waals surface area contributed by atoms with E-state index in [1.54, 1.807) is 0 Å². The van der Waals surface area contributed by atoms with E-state index >= 15 is 0 Å². The smallest absolute Gasteiger partial charge is 0.231 e. The molecule has 2 aromatic rings. The topological polar surface area (TPSA) is 49.6 Å². The molecule has 24 heavy (non-hydrogen) atoms. The third kappa shape index (κ3) is 3.71. The standard InChI is InChI=1S/C19H22ClN3O/c20-16-6-8-17(9-7-16)22-10-12-23(13-11-22)19(24)18(14-21)15-4-2-1-3-5-15/h1-9,18H,10-14,21H2. The number of halogens is 1. The summed E-state index contributed by atoms with van der Waals surface area (Å²) in [4.78, 5) is 17.0. The van der Waals surface area contributed by atoms with Crippen LogP contribution in [-0.4, -0.2) is 43.5 Å². The van der Waals surface area contributed by atoms with Crippen molar-refractivity contribution in [3.8, 4) is 0 Å². The number of hydrogen-bond acceptors (Lipinski definition) is 3. The summed E-state index contributed by atoms with van der Waals surface area (Å²) in [6.07, 6.45) is 0. The molecule has 0 aliphatic carbocycles. The first-order valence-corrected chi connectivity index (χ1v) is 8.61. The second-order valence-corrected chi connectivity index (χ2v) is 6.42. The minimum Gasteiger partial charge on any atom is -0.368 e. The van der Waals surface area contributed by atoms with E-state index in [-0.39, 0.29) is 11.8 Å². The fourth-order valence-electron chi connectivity index (χ4n) is 3.12. The van der Waals surface area contributed by atoms with Crippen molar-refractivity contribution in [2.45, 2.75) is 5.92 Å². The van der Waals surface area contributed by atoms with E-state index in [1.807, 2.05) is 59.5 Å². The molecule has 0 saturated carbocycles. The maximum Gasteiger partial charge on any atom is 0.231 e. The molecule has 0 aromatic heterocycles. The molecular weight excluding hydrogens is 322 g/mol. The minimum atomic E-state index is -0.256. The van der Waals surface area contributed by atoms with Crippen molar-refractivity contribution in [2.24, 2.45) is 5.73 Å². The Labute approximate surface area is 147 Å².